The van der Waals surface area contributed by atoms with Crippen LogP contribution in [0, 0.1) is 0 Å². The first-order valence-corrected chi connectivity index (χ1v) is 6.49. The molecule has 0 spiro atoms. The fourth-order valence-corrected chi connectivity index (χ4v) is 2.63. The molecule has 1 saturated carbocycles. The van der Waals surface area contributed by atoms with Crippen LogP contribution >= 0.6 is 0 Å². The van der Waals surface area contributed by atoms with Crippen LogP contribution in [0.15, 0.2) is 36.5 Å². The number of fused-ring (bicyclic) bond motifs is 1. The van der Waals surface area contributed by atoms with Gasteiger partial charge < -0.3 is 5.32 Å². The fraction of sp³-hybridized carbons (Fsp3) is 0.333. The maximum absolute atomic E-state index is 12.3. The SMILES string of the molecule is O=C(NC1CCCC1)c1ccnc2ccccc12. The van der Waals surface area contributed by atoms with Crippen molar-refractivity contribution in [1.29, 1.82) is 0 Å². The molecule has 1 aromatic heterocycles. The van der Waals surface area contributed by atoms with Gasteiger partial charge >= 0.3 is 0 Å². The third-order valence-corrected chi connectivity index (χ3v) is 3.58. The van der Waals surface area contributed by atoms with E-state index in [2.05, 4.69) is 10.3 Å². The number of carbonyl (C=O) groups excluding carboxylic acids is 1. The number of pyridine rings is 1. The molecule has 0 radical (unpaired) electrons. The van der Waals surface area contributed by atoms with Gasteiger partial charge in [-0.15, -0.1) is 0 Å². The number of aromatic nitrogens is 1. The predicted molar refractivity (Wildman–Crippen MR) is 71.5 cm³/mol. The molecule has 2 aromatic rings. The summed E-state index contributed by atoms with van der Waals surface area (Å²) >= 11 is 0. The van der Waals surface area contributed by atoms with Gasteiger partial charge in [-0.25, -0.2) is 0 Å². The minimum atomic E-state index is 0.0282. The molecule has 0 atom stereocenters. The highest BCUT2D eigenvalue weighted by atomic mass is 16.1. The van der Waals surface area contributed by atoms with E-state index in [0.717, 1.165) is 29.3 Å². The van der Waals surface area contributed by atoms with Gasteiger partial charge in [-0.05, 0) is 25.0 Å². The minimum Gasteiger partial charge on any atom is -0.349 e. The molecule has 3 rings (SSSR count). The fourth-order valence-electron chi connectivity index (χ4n) is 2.63. The summed E-state index contributed by atoms with van der Waals surface area (Å²) in [6.07, 6.45) is 6.36. The van der Waals surface area contributed by atoms with E-state index in [-0.39, 0.29) is 5.91 Å². The van der Waals surface area contributed by atoms with Gasteiger partial charge in [-0.3, -0.25) is 9.78 Å². The average molecular weight is 240 g/mol. The molecule has 1 fully saturated rings. The quantitative estimate of drug-likeness (QED) is 0.877. The van der Waals surface area contributed by atoms with Crippen molar-refractivity contribution in [3.05, 3.63) is 42.1 Å². The Bertz CT molecular complexity index is 568. The first-order chi connectivity index (χ1) is 8.84. The summed E-state index contributed by atoms with van der Waals surface area (Å²) < 4.78 is 0. The highest BCUT2D eigenvalue weighted by Gasteiger charge is 2.18. The molecule has 1 amide bonds. The van der Waals surface area contributed by atoms with E-state index < -0.39 is 0 Å². The molecule has 0 aliphatic heterocycles. The highest BCUT2D eigenvalue weighted by molar-refractivity contribution is 6.06. The molecule has 1 heterocycles. The number of rotatable bonds is 2. The van der Waals surface area contributed by atoms with E-state index in [9.17, 15) is 4.79 Å². The molecule has 92 valence electrons. The van der Waals surface area contributed by atoms with Crippen molar-refractivity contribution >= 4 is 16.8 Å². The topological polar surface area (TPSA) is 42.0 Å². The Morgan fingerprint density at radius 3 is 2.78 bits per heavy atom. The first-order valence-electron chi connectivity index (χ1n) is 6.49. The summed E-state index contributed by atoms with van der Waals surface area (Å²) in [6, 6.07) is 9.91. The van der Waals surface area contributed by atoms with Crippen molar-refractivity contribution in [3.8, 4) is 0 Å². The van der Waals surface area contributed by atoms with Crippen LogP contribution in [0.4, 0.5) is 0 Å². The Morgan fingerprint density at radius 1 is 1.17 bits per heavy atom. The first kappa shape index (κ1) is 11.2. The second-order valence-electron chi connectivity index (χ2n) is 4.83. The van der Waals surface area contributed by atoms with Crippen LogP contribution in [0.25, 0.3) is 10.9 Å². The van der Waals surface area contributed by atoms with Gasteiger partial charge in [0.1, 0.15) is 0 Å². The molecule has 3 nitrogen and oxygen atoms in total. The zero-order valence-electron chi connectivity index (χ0n) is 10.2. The standard InChI is InChI=1S/C15H16N2O/c18-15(17-11-5-1-2-6-11)13-9-10-16-14-8-4-3-7-12(13)14/h3-4,7-11H,1-2,5-6H2,(H,17,18). The van der Waals surface area contributed by atoms with Crippen LogP contribution in [0.1, 0.15) is 36.0 Å². The molecule has 0 saturated heterocycles. The average Bonchev–Trinajstić information content (AvgIpc) is 2.91. The van der Waals surface area contributed by atoms with Gasteiger partial charge in [-0.2, -0.15) is 0 Å². The zero-order chi connectivity index (χ0) is 12.4. The highest BCUT2D eigenvalue weighted by Crippen LogP contribution is 2.20. The zero-order valence-corrected chi connectivity index (χ0v) is 10.2. The van der Waals surface area contributed by atoms with Gasteiger partial charge in [0.25, 0.3) is 5.91 Å². The van der Waals surface area contributed by atoms with Crippen LogP contribution in [-0.2, 0) is 0 Å². The second-order valence-corrected chi connectivity index (χ2v) is 4.83. The van der Waals surface area contributed by atoms with Gasteiger partial charge in [0.05, 0.1) is 11.1 Å². The number of carbonyl (C=O) groups is 1. The van der Waals surface area contributed by atoms with Crippen LogP contribution in [0.3, 0.4) is 0 Å². The number of hydrogen-bond acceptors (Lipinski definition) is 2. The van der Waals surface area contributed by atoms with Crippen LogP contribution in [-0.4, -0.2) is 16.9 Å². The lowest BCUT2D eigenvalue weighted by Gasteiger charge is -2.12. The Labute approximate surface area is 106 Å². The second kappa shape index (κ2) is 4.77. The Morgan fingerprint density at radius 2 is 1.94 bits per heavy atom. The van der Waals surface area contributed by atoms with E-state index in [1.807, 2.05) is 24.3 Å². The number of amides is 1. The van der Waals surface area contributed by atoms with E-state index in [4.69, 9.17) is 0 Å². The Kier molecular flexibility index (Phi) is 2.97. The van der Waals surface area contributed by atoms with Crippen LogP contribution < -0.4 is 5.32 Å². The third-order valence-electron chi connectivity index (χ3n) is 3.58. The summed E-state index contributed by atoms with van der Waals surface area (Å²) in [6.45, 7) is 0. The maximum Gasteiger partial charge on any atom is 0.252 e. The number of hydrogen-bond donors (Lipinski definition) is 1. The van der Waals surface area contributed by atoms with Crippen molar-refractivity contribution in [2.24, 2.45) is 0 Å². The van der Waals surface area contributed by atoms with Gasteiger partial charge in [0.2, 0.25) is 0 Å². The number of para-hydroxylation sites is 1. The predicted octanol–water partition coefficient (Wildman–Crippen LogP) is 2.91. The monoisotopic (exact) mass is 240 g/mol. The summed E-state index contributed by atoms with van der Waals surface area (Å²) in [5, 5.41) is 4.05. The molecular formula is C15H16N2O. The minimum absolute atomic E-state index is 0.0282. The molecule has 1 aliphatic rings. The Balaban J connectivity index is 1.91. The van der Waals surface area contributed by atoms with Crippen molar-refractivity contribution in [3.63, 3.8) is 0 Å². The lowest BCUT2D eigenvalue weighted by atomic mass is 10.1. The van der Waals surface area contributed by atoms with Crippen molar-refractivity contribution in [1.82, 2.24) is 10.3 Å². The smallest absolute Gasteiger partial charge is 0.252 e. The summed E-state index contributed by atoms with van der Waals surface area (Å²) in [5.74, 6) is 0.0282. The molecule has 3 heteroatoms. The van der Waals surface area contributed by atoms with Gasteiger partial charge in [-0.1, -0.05) is 31.0 Å². The molecule has 18 heavy (non-hydrogen) atoms. The van der Waals surface area contributed by atoms with Gasteiger partial charge in [0.15, 0.2) is 0 Å². The van der Waals surface area contributed by atoms with Gasteiger partial charge in [0, 0.05) is 17.6 Å². The van der Waals surface area contributed by atoms with E-state index in [1.54, 1.807) is 12.3 Å². The van der Waals surface area contributed by atoms with Crippen LogP contribution in [0.2, 0.25) is 0 Å². The molecule has 1 aromatic carbocycles. The van der Waals surface area contributed by atoms with Crippen molar-refractivity contribution in [2.45, 2.75) is 31.7 Å². The van der Waals surface area contributed by atoms with E-state index >= 15 is 0 Å². The molecule has 0 unspecified atom stereocenters. The number of nitrogens with one attached hydrogen (secondary N) is 1. The lowest BCUT2D eigenvalue weighted by molar-refractivity contribution is 0.0939. The van der Waals surface area contributed by atoms with E-state index in [0.29, 0.717) is 6.04 Å². The summed E-state index contributed by atoms with van der Waals surface area (Å²) in [7, 11) is 0. The molecule has 0 bridgehead atoms. The van der Waals surface area contributed by atoms with Crippen molar-refractivity contribution < 1.29 is 4.79 Å². The summed E-state index contributed by atoms with van der Waals surface area (Å²) in [4.78, 5) is 16.6. The Hall–Kier alpha value is -1.90. The van der Waals surface area contributed by atoms with Crippen molar-refractivity contribution in [2.75, 3.05) is 0 Å². The largest absolute Gasteiger partial charge is 0.349 e. The van der Waals surface area contributed by atoms with Crippen LogP contribution in [0.5, 0.6) is 0 Å². The molecule has 1 N–H and O–H groups in total. The third kappa shape index (κ3) is 2.08. The molecular weight excluding hydrogens is 224 g/mol. The lowest BCUT2D eigenvalue weighted by Crippen LogP contribution is -2.32. The number of nitrogens with zero attached hydrogens (tertiary/aromatic N) is 1. The number of benzene rings is 1. The normalized spacial score (nSPS) is 16.0. The van der Waals surface area contributed by atoms with E-state index in [1.165, 1.54) is 12.8 Å². The summed E-state index contributed by atoms with van der Waals surface area (Å²) in [5.41, 5.74) is 1.60. The maximum atomic E-state index is 12.3. The molecule has 1 aliphatic carbocycles.